The van der Waals surface area contributed by atoms with E-state index in [1.54, 1.807) is 7.11 Å². The maximum Gasteiger partial charge on any atom is 0.133 e. The van der Waals surface area contributed by atoms with E-state index in [1.807, 2.05) is 6.07 Å². The summed E-state index contributed by atoms with van der Waals surface area (Å²) in [6, 6.07) is 7.54. The molecule has 1 unspecified atom stereocenters. The fraction of sp³-hybridized carbons (Fsp3) is 0.625. The molecular formula is C16H22BrNO. The predicted molar refractivity (Wildman–Crippen MR) is 81.5 cm³/mol. The lowest BCUT2D eigenvalue weighted by atomic mass is 10.0. The highest BCUT2D eigenvalue weighted by Gasteiger charge is 2.41. The molecule has 0 saturated heterocycles. The summed E-state index contributed by atoms with van der Waals surface area (Å²) in [7, 11) is 1.71. The molecule has 0 bridgehead atoms. The second-order valence-corrected chi connectivity index (χ2v) is 6.84. The molecule has 0 aromatic heterocycles. The lowest BCUT2D eigenvalue weighted by Crippen LogP contribution is -2.35. The summed E-state index contributed by atoms with van der Waals surface area (Å²) >= 11 is 3.57. The molecule has 2 aliphatic rings. The van der Waals surface area contributed by atoms with Crippen LogP contribution in [0.1, 0.15) is 44.2 Å². The number of rotatable bonds is 6. The Bertz CT molecular complexity index is 442. The van der Waals surface area contributed by atoms with Crippen LogP contribution in [0.3, 0.4) is 0 Å². The summed E-state index contributed by atoms with van der Waals surface area (Å²) in [5.74, 6) is 2.78. The normalized spacial score (nSPS) is 20.6. The number of methoxy groups -OCH3 is 1. The van der Waals surface area contributed by atoms with Crippen molar-refractivity contribution in [3.05, 3.63) is 28.2 Å². The minimum atomic E-state index is 0.411. The smallest absolute Gasteiger partial charge is 0.133 e. The zero-order chi connectivity index (χ0) is 13.4. The molecule has 2 aliphatic carbocycles. The SMILES string of the molecule is COc1ccc(C(C)NC(C2CC2)C2CC2)cc1Br. The molecule has 2 fully saturated rings. The van der Waals surface area contributed by atoms with E-state index >= 15 is 0 Å². The Balaban J connectivity index is 1.68. The van der Waals surface area contributed by atoms with Crippen molar-refractivity contribution in [2.45, 2.75) is 44.7 Å². The van der Waals surface area contributed by atoms with E-state index in [-0.39, 0.29) is 0 Å². The van der Waals surface area contributed by atoms with Gasteiger partial charge in [0.05, 0.1) is 11.6 Å². The van der Waals surface area contributed by atoms with Crippen LogP contribution >= 0.6 is 15.9 Å². The van der Waals surface area contributed by atoms with Gasteiger partial charge in [-0.05, 0) is 78.1 Å². The Labute approximate surface area is 124 Å². The molecule has 2 nitrogen and oxygen atoms in total. The Hall–Kier alpha value is -0.540. The van der Waals surface area contributed by atoms with Gasteiger partial charge in [-0.3, -0.25) is 0 Å². The molecule has 0 spiro atoms. The number of hydrogen-bond acceptors (Lipinski definition) is 2. The van der Waals surface area contributed by atoms with E-state index in [0.717, 1.165) is 28.1 Å². The molecule has 1 atom stereocenters. The summed E-state index contributed by atoms with van der Waals surface area (Å²) in [6.07, 6.45) is 5.70. The van der Waals surface area contributed by atoms with Gasteiger partial charge in [-0.25, -0.2) is 0 Å². The minimum absolute atomic E-state index is 0.411. The minimum Gasteiger partial charge on any atom is -0.496 e. The van der Waals surface area contributed by atoms with Crippen molar-refractivity contribution in [1.82, 2.24) is 5.32 Å². The van der Waals surface area contributed by atoms with Crippen LogP contribution in [0.2, 0.25) is 0 Å². The van der Waals surface area contributed by atoms with E-state index in [4.69, 9.17) is 4.74 Å². The second-order valence-electron chi connectivity index (χ2n) is 5.98. The molecule has 0 aliphatic heterocycles. The molecule has 104 valence electrons. The Kier molecular flexibility index (Phi) is 3.86. The molecule has 0 heterocycles. The van der Waals surface area contributed by atoms with Crippen LogP contribution in [-0.4, -0.2) is 13.2 Å². The number of hydrogen-bond donors (Lipinski definition) is 1. The van der Waals surface area contributed by atoms with Crippen LogP contribution in [0, 0.1) is 11.8 Å². The first-order valence-corrected chi connectivity index (χ1v) is 8.08. The molecule has 1 aromatic carbocycles. The maximum atomic E-state index is 5.29. The number of ether oxygens (including phenoxy) is 1. The first-order valence-electron chi connectivity index (χ1n) is 7.28. The third-order valence-corrected chi connectivity index (χ3v) is 5.00. The average Bonchev–Trinajstić information content (AvgIpc) is 3.29. The summed E-state index contributed by atoms with van der Waals surface area (Å²) in [4.78, 5) is 0. The van der Waals surface area contributed by atoms with Gasteiger partial charge >= 0.3 is 0 Å². The summed E-state index contributed by atoms with van der Waals surface area (Å²) in [6.45, 7) is 2.27. The van der Waals surface area contributed by atoms with Crippen molar-refractivity contribution in [3.63, 3.8) is 0 Å². The van der Waals surface area contributed by atoms with Crippen molar-refractivity contribution in [1.29, 1.82) is 0 Å². The van der Waals surface area contributed by atoms with Gasteiger partial charge in [0.25, 0.3) is 0 Å². The average molecular weight is 324 g/mol. The molecule has 3 heteroatoms. The first kappa shape index (κ1) is 13.4. The van der Waals surface area contributed by atoms with Crippen molar-refractivity contribution in [2.24, 2.45) is 11.8 Å². The third-order valence-electron chi connectivity index (χ3n) is 4.38. The standard InChI is InChI=1S/C16H22BrNO/c1-10(13-7-8-15(19-2)14(17)9-13)18-16(11-3-4-11)12-5-6-12/h7-12,16,18H,3-6H2,1-2H3. The molecule has 19 heavy (non-hydrogen) atoms. The van der Waals surface area contributed by atoms with Crippen molar-refractivity contribution >= 4 is 15.9 Å². The van der Waals surface area contributed by atoms with Crippen molar-refractivity contribution in [3.8, 4) is 5.75 Å². The highest BCUT2D eigenvalue weighted by molar-refractivity contribution is 9.10. The zero-order valence-corrected chi connectivity index (χ0v) is 13.2. The summed E-state index contributed by atoms with van der Waals surface area (Å²) < 4.78 is 6.33. The Morgan fingerprint density at radius 3 is 2.32 bits per heavy atom. The van der Waals surface area contributed by atoms with Gasteiger partial charge < -0.3 is 10.1 Å². The molecule has 1 N–H and O–H groups in total. The van der Waals surface area contributed by atoms with Crippen LogP contribution in [0.5, 0.6) is 5.75 Å². The lowest BCUT2D eigenvalue weighted by Gasteiger charge is -2.24. The summed E-state index contributed by atoms with van der Waals surface area (Å²) in [5.41, 5.74) is 1.33. The van der Waals surface area contributed by atoms with E-state index < -0.39 is 0 Å². The number of nitrogens with one attached hydrogen (secondary N) is 1. The van der Waals surface area contributed by atoms with E-state index in [9.17, 15) is 0 Å². The molecule has 3 rings (SSSR count). The topological polar surface area (TPSA) is 21.3 Å². The van der Waals surface area contributed by atoms with Crippen molar-refractivity contribution in [2.75, 3.05) is 7.11 Å². The van der Waals surface area contributed by atoms with Gasteiger partial charge in [-0.2, -0.15) is 0 Å². The summed E-state index contributed by atoms with van der Waals surface area (Å²) in [5, 5.41) is 3.86. The van der Waals surface area contributed by atoms with Crippen LogP contribution in [0.25, 0.3) is 0 Å². The van der Waals surface area contributed by atoms with Crippen LogP contribution in [-0.2, 0) is 0 Å². The maximum absolute atomic E-state index is 5.29. The highest BCUT2D eigenvalue weighted by Crippen LogP contribution is 2.45. The quantitative estimate of drug-likeness (QED) is 0.842. The van der Waals surface area contributed by atoms with Gasteiger partial charge in [-0.15, -0.1) is 0 Å². The van der Waals surface area contributed by atoms with Gasteiger partial charge in [0.2, 0.25) is 0 Å². The molecule has 1 aromatic rings. The van der Waals surface area contributed by atoms with Gasteiger partial charge in [0, 0.05) is 12.1 Å². The van der Waals surface area contributed by atoms with Gasteiger partial charge in [0.1, 0.15) is 5.75 Å². The second kappa shape index (κ2) is 5.45. The van der Waals surface area contributed by atoms with Crippen LogP contribution in [0.15, 0.2) is 22.7 Å². The monoisotopic (exact) mass is 323 g/mol. The van der Waals surface area contributed by atoms with E-state index in [2.05, 4.69) is 40.3 Å². The van der Waals surface area contributed by atoms with Crippen LogP contribution in [0.4, 0.5) is 0 Å². The van der Waals surface area contributed by atoms with E-state index in [0.29, 0.717) is 6.04 Å². The first-order chi connectivity index (χ1) is 9.19. The molecule has 0 radical (unpaired) electrons. The largest absolute Gasteiger partial charge is 0.496 e. The number of halogens is 1. The molecule has 0 amide bonds. The lowest BCUT2D eigenvalue weighted by molar-refractivity contribution is 0.376. The fourth-order valence-corrected chi connectivity index (χ4v) is 3.46. The Morgan fingerprint density at radius 2 is 1.84 bits per heavy atom. The fourth-order valence-electron chi connectivity index (χ4n) is 2.90. The van der Waals surface area contributed by atoms with Crippen LogP contribution < -0.4 is 10.1 Å². The van der Waals surface area contributed by atoms with Crippen molar-refractivity contribution < 1.29 is 4.74 Å². The molecule has 2 saturated carbocycles. The van der Waals surface area contributed by atoms with Gasteiger partial charge in [0.15, 0.2) is 0 Å². The predicted octanol–water partition coefficient (Wildman–Crippen LogP) is 4.30. The van der Waals surface area contributed by atoms with Gasteiger partial charge in [-0.1, -0.05) is 6.07 Å². The Morgan fingerprint density at radius 1 is 1.21 bits per heavy atom. The highest BCUT2D eigenvalue weighted by atomic mass is 79.9. The third kappa shape index (κ3) is 3.14. The zero-order valence-electron chi connectivity index (χ0n) is 11.7. The molecular weight excluding hydrogens is 302 g/mol. The van der Waals surface area contributed by atoms with E-state index in [1.165, 1.54) is 31.2 Å². The number of benzene rings is 1.